The lowest BCUT2D eigenvalue weighted by atomic mass is 9.76. The minimum atomic E-state index is -0.882. The van der Waals surface area contributed by atoms with E-state index >= 15 is 0 Å². The van der Waals surface area contributed by atoms with Crippen molar-refractivity contribution in [3.63, 3.8) is 0 Å². The number of likely N-dealkylation sites (tertiary alicyclic amines) is 1. The van der Waals surface area contributed by atoms with Crippen molar-refractivity contribution in [1.29, 1.82) is 0 Å². The second-order valence-corrected chi connectivity index (χ2v) is 8.02. The van der Waals surface area contributed by atoms with Gasteiger partial charge in [0.15, 0.2) is 0 Å². The van der Waals surface area contributed by atoms with Gasteiger partial charge >= 0.3 is 5.97 Å². The van der Waals surface area contributed by atoms with Gasteiger partial charge in [-0.05, 0) is 44.4 Å². The Morgan fingerprint density at radius 1 is 1.31 bits per heavy atom. The SMILES string of the molecule is Cc1cnc(N2CCC3(CC2)C[C@H](C(=O)O)N(C(=O)C2CC2)C3)nc1N. The number of amides is 1. The summed E-state index contributed by atoms with van der Waals surface area (Å²) in [5, 5.41) is 9.60. The summed E-state index contributed by atoms with van der Waals surface area (Å²) < 4.78 is 0. The van der Waals surface area contributed by atoms with Crippen molar-refractivity contribution in [2.45, 2.75) is 45.1 Å². The first kappa shape index (κ1) is 17.1. The van der Waals surface area contributed by atoms with E-state index in [0.717, 1.165) is 44.3 Å². The van der Waals surface area contributed by atoms with Gasteiger partial charge in [0.1, 0.15) is 11.9 Å². The third-order valence-corrected chi connectivity index (χ3v) is 6.11. The minimum Gasteiger partial charge on any atom is -0.480 e. The summed E-state index contributed by atoms with van der Waals surface area (Å²) in [6.45, 7) is 3.94. The molecular formula is C18H25N5O3. The number of nitrogens with two attached hydrogens (primary N) is 1. The molecule has 0 aromatic carbocycles. The maximum absolute atomic E-state index is 12.5. The highest BCUT2D eigenvalue weighted by Gasteiger charge is 2.51. The predicted molar refractivity (Wildman–Crippen MR) is 95.5 cm³/mol. The average Bonchev–Trinajstić information content (AvgIpc) is 3.40. The number of rotatable bonds is 3. The molecule has 8 nitrogen and oxygen atoms in total. The van der Waals surface area contributed by atoms with Crippen LogP contribution in [0.4, 0.5) is 11.8 Å². The van der Waals surface area contributed by atoms with E-state index in [1.807, 2.05) is 6.92 Å². The first-order valence-electron chi connectivity index (χ1n) is 9.26. The highest BCUT2D eigenvalue weighted by molar-refractivity contribution is 5.87. The molecule has 0 radical (unpaired) electrons. The number of aromatic nitrogens is 2. The van der Waals surface area contributed by atoms with Crippen LogP contribution >= 0.6 is 0 Å². The predicted octanol–water partition coefficient (Wildman–Crippen LogP) is 1.05. The molecule has 0 unspecified atom stereocenters. The summed E-state index contributed by atoms with van der Waals surface area (Å²) >= 11 is 0. The summed E-state index contributed by atoms with van der Waals surface area (Å²) in [6.07, 6.45) is 5.74. The summed E-state index contributed by atoms with van der Waals surface area (Å²) in [6, 6.07) is -0.680. The number of aliphatic carboxylic acids is 1. The Bertz CT molecular complexity index is 740. The number of hydrogen-bond donors (Lipinski definition) is 2. The molecule has 2 saturated heterocycles. The van der Waals surface area contributed by atoms with Crippen molar-refractivity contribution in [3.8, 4) is 0 Å². The molecule has 3 heterocycles. The Morgan fingerprint density at radius 2 is 2.00 bits per heavy atom. The zero-order chi connectivity index (χ0) is 18.5. The van der Waals surface area contributed by atoms with Crippen molar-refractivity contribution in [1.82, 2.24) is 14.9 Å². The molecule has 3 aliphatic rings. The number of carbonyl (C=O) groups excluding carboxylic acids is 1. The van der Waals surface area contributed by atoms with Gasteiger partial charge in [-0.2, -0.15) is 4.98 Å². The van der Waals surface area contributed by atoms with E-state index in [4.69, 9.17) is 5.73 Å². The first-order valence-corrected chi connectivity index (χ1v) is 9.26. The van der Waals surface area contributed by atoms with Crippen molar-refractivity contribution >= 4 is 23.6 Å². The maximum Gasteiger partial charge on any atom is 0.326 e. The Labute approximate surface area is 152 Å². The molecule has 3 fully saturated rings. The van der Waals surface area contributed by atoms with E-state index in [1.54, 1.807) is 11.1 Å². The van der Waals surface area contributed by atoms with Crippen LogP contribution in [-0.4, -0.2) is 57.5 Å². The summed E-state index contributed by atoms with van der Waals surface area (Å²) in [7, 11) is 0. The standard InChI is InChI=1S/C18H25N5O3/c1-11-9-20-17(21-14(11)19)22-6-4-18(5-7-22)8-13(16(25)26)23(10-18)15(24)12-2-3-12/h9,12-13H,2-8,10H2,1H3,(H,25,26)(H2,19,20,21)/t13-/m1/s1. The average molecular weight is 359 g/mol. The lowest BCUT2D eigenvalue weighted by molar-refractivity contribution is -0.148. The number of carboxylic acids is 1. The van der Waals surface area contributed by atoms with Crippen LogP contribution in [0.15, 0.2) is 6.20 Å². The lowest BCUT2D eigenvalue weighted by Crippen LogP contribution is -2.44. The van der Waals surface area contributed by atoms with Crippen LogP contribution in [0.1, 0.15) is 37.7 Å². The fraction of sp³-hybridized carbons (Fsp3) is 0.667. The van der Waals surface area contributed by atoms with E-state index in [9.17, 15) is 14.7 Å². The number of anilines is 2. The van der Waals surface area contributed by atoms with Crippen LogP contribution in [0.2, 0.25) is 0 Å². The molecule has 26 heavy (non-hydrogen) atoms. The highest BCUT2D eigenvalue weighted by atomic mass is 16.4. The fourth-order valence-corrected chi connectivity index (χ4v) is 4.21. The molecule has 1 aliphatic carbocycles. The van der Waals surface area contributed by atoms with Gasteiger partial charge in [-0.25, -0.2) is 9.78 Å². The van der Waals surface area contributed by atoms with Crippen molar-refractivity contribution < 1.29 is 14.7 Å². The van der Waals surface area contributed by atoms with E-state index < -0.39 is 12.0 Å². The van der Waals surface area contributed by atoms with Gasteiger partial charge in [-0.3, -0.25) is 4.79 Å². The van der Waals surface area contributed by atoms with E-state index in [1.165, 1.54) is 0 Å². The molecule has 1 atom stereocenters. The van der Waals surface area contributed by atoms with Crippen LogP contribution in [-0.2, 0) is 9.59 Å². The molecule has 1 saturated carbocycles. The molecule has 1 aromatic rings. The Balaban J connectivity index is 1.46. The van der Waals surface area contributed by atoms with E-state index in [-0.39, 0.29) is 17.2 Å². The van der Waals surface area contributed by atoms with Crippen LogP contribution in [0.3, 0.4) is 0 Å². The van der Waals surface area contributed by atoms with Gasteiger partial charge in [0, 0.05) is 37.3 Å². The Kier molecular flexibility index (Phi) is 4.00. The Hall–Kier alpha value is -2.38. The maximum atomic E-state index is 12.5. The number of piperidine rings is 1. The van der Waals surface area contributed by atoms with Gasteiger partial charge in [-0.1, -0.05) is 0 Å². The van der Waals surface area contributed by atoms with Crippen LogP contribution < -0.4 is 10.6 Å². The second kappa shape index (κ2) is 6.10. The molecular weight excluding hydrogens is 334 g/mol. The molecule has 140 valence electrons. The zero-order valence-electron chi connectivity index (χ0n) is 15.0. The number of nitrogen functional groups attached to an aromatic ring is 1. The minimum absolute atomic E-state index is 0.0337. The number of hydrogen-bond acceptors (Lipinski definition) is 6. The summed E-state index contributed by atoms with van der Waals surface area (Å²) in [5.41, 5.74) is 6.64. The van der Waals surface area contributed by atoms with Gasteiger partial charge in [0.05, 0.1) is 0 Å². The zero-order valence-corrected chi connectivity index (χ0v) is 15.0. The smallest absolute Gasteiger partial charge is 0.326 e. The second-order valence-electron chi connectivity index (χ2n) is 8.02. The van der Waals surface area contributed by atoms with Gasteiger partial charge in [0.2, 0.25) is 11.9 Å². The van der Waals surface area contributed by atoms with Crippen molar-refractivity contribution in [2.24, 2.45) is 11.3 Å². The monoisotopic (exact) mass is 359 g/mol. The summed E-state index contributed by atoms with van der Waals surface area (Å²) in [4.78, 5) is 36.7. The molecule has 1 amide bonds. The largest absolute Gasteiger partial charge is 0.480 e. The molecule has 4 rings (SSSR count). The van der Waals surface area contributed by atoms with Crippen LogP contribution in [0.5, 0.6) is 0 Å². The van der Waals surface area contributed by atoms with Crippen LogP contribution in [0, 0.1) is 18.3 Å². The molecule has 2 aliphatic heterocycles. The summed E-state index contributed by atoms with van der Waals surface area (Å²) in [5.74, 6) is 0.320. The Morgan fingerprint density at radius 3 is 2.58 bits per heavy atom. The topological polar surface area (TPSA) is 113 Å². The molecule has 1 aromatic heterocycles. The number of aryl methyl sites for hydroxylation is 1. The normalized spacial score (nSPS) is 24.9. The van der Waals surface area contributed by atoms with E-state index in [2.05, 4.69) is 14.9 Å². The number of carbonyl (C=O) groups is 2. The van der Waals surface area contributed by atoms with E-state index in [0.29, 0.717) is 24.7 Å². The van der Waals surface area contributed by atoms with Crippen molar-refractivity contribution in [2.75, 3.05) is 30.3 Å². The molecule has 8 heteroatoms. The van der Waals surface area contributed by atoms with Crippen LogP contribution in [0.25, 0.3) is 0 Å². The fourth-order valence-electron chi connectivity index (χ4n) is 4.21. The number of carboxylic acid groups (broad SMARTS) is 1. The molecule has 1 spiro atoms. The lowest BCUT2D eigenvalue weighted by Gasteiger charge is -2.39. The number of nitrogens with zero attached hydrogens (tertiary/aromatic N) is 4. The van der Waals surface area contributed by atoms with Crippen molar-refractivity contribution in [3.05, 3.63) is 11.8 Å². The van der Waals surface area contributed by atoms with Gasteiger partial charge < -0.3 is 20.6 Å². The first-order chi connectivity index (χ1) is 12.4. The third-order valence-electron chi connectivity index (χ3n) is 6.11. The quantitative estimate of drug-likeness (QED) is 0.829. The third kappa shape index (κ3) is 2.97. The molecule has 0 bridgehead atoms. The highest BCUT2D eigenvalue weighted by Crippen LogP contribution is 2.45. The van der Waals surface area contributed by atoms with Gasteiger partial charge in [-0.15, -0.1) is 0 Å². The van der Waals surface area contributed by atoms with Gasteiger partial charge in [0.25, 0.3) is 0 Å². The molecule has 3 N–H and O–H groups in total.